The van der Waals surface area contributed by atoms with Crippen LogP contribution in [0.15, 0.2) is 71.3 Å². The molecule has 0 saturated heterocycles. The van der Waals surface area contributed by atoms with Crippen LogP contribution in [0.25, 0.3) is 0 Å². The summed E-state index contributed by atoms with van der Waals surface area (Å²) in [5.74, 6) is 1.47. The fourth-order valence-electron chi connectivity index (χ4n) is 3.28. The number of anilines is 1. The molecule has 0 aliphatic carbocycles. The summed E-state index contributed by atoms with van der Waals surface area (Å²) in [7, 11) is 1.64. The first-order chi connectivity index (χ1) is 13.8. The second-order valence-electron chi connectivity index (χ2n) is 6.52. The first-order valence-electron chi connectivity index (χ1n) is 9.17. The minimum atomic E-state index is -0.305. The lowest BCUT2D eigenvalue weighted by molar-refractivity contribution is 0.0651. The molecule has 1 aromatic heterocycles. The van der Waals surface area contributed by atoms with Gasteiger partial charge in [-0.25, -0.2) is 0 Å². The molecule has 0 saturated carbocycles. The maximum atomic E-state index is 13.2. The van der Waals surface area contributed by atoms with Crippen LogP contribution < -0.4 is 10.1 Å². The predicted octanol–water partition coefficient (Wildman–Crippen LogP) is 4.07. The SMILES string of the molecule is COCCOc1ccc(C2Nc3ccccc3C(=O)N2Cc2ccco2)cc1. The molecule has 6 nitrogen and oxygen atoms in total. The van der Waals surface area contributed by atoms with Crippen LogP contribution in [-0.4, -0.2) is 31.1 Å². The molecule has 2 heterocycles. The highest BCUT2D eigenvalue weighted by atomic mass is 16.5. The number of nitrogens with zero attached hydrogens (tertiary/aromatic N) is 1. The molecule has 0 spiro atoms. The molecule has 1 N–H and O–H groups in total. The number of benzene rings is 2. The van der Waals surface area contributed by atoms with Crippen molar-refractivity contribution in [3.8, 4) is 5.75 Å². The molecule has 6 heteroatoms. The van der Waals surface area contributed by atoms with Crippen LogP contribution in [0.5, 0.6) is 5.75 Å². The quantitative estimate of drug-likeness (QED) is 0.628. The molecule has 4 rings (SSSR count). The van der Waals surface area contributed by atoms with E-state index in [2.05, 4.69) is 5.32 Å². The zero-order chi connectivity index (χ0) is 19.3. The molecule has 0 radical (unpaired) electrons. The van der Waals surface area contributed by atoms with Crippen molar-refractivity contribution in [2.75, 3.05) is 25.6 Å². The Kier molecular flexibility index (Phi) is 5.30. The van der Waals surface area contributed by atoms with Gasteiger partial charge in [0.15, 0.2) is 0 Å². The van der Waals surface area contributed by atoms with Gasteiger partial charge in [-0.3, -0.25) is 4.79 Å². The molecule has 1 amide bonds. The number of carbonyl (C=O) groups is 1. The van der Waals surface area contributed by atoms with E-state index in [-0.39, 0.29) is 12.1 Å². The number of methoxy groups -OCH3 is 1. The Morgan fingerprint density at radius 3 is 2.61 bits per heavy atom. The van der Waals surface area contributed by atoms with Crippen molar-refractivity contribution in [3.05, 3.63) is 83.8 Å². The topological polar surface area (TPSA) is 63.9 Å². The maximum Gasteiger partial charge on any atom is 0.258 e. The van der Waals surface area contributed by atoms with Crippen molar-refractivity contribution >= 4 is 11.6 Å². The molecule has 144 valence electrons. The monoisotopic (exact) mass is 378 g/mol. The van der Waals surface area contributed by atoms with Crippen molar-refractivity contribution < 1.29 is 18.7 Å². The molecule has 0 bridgehead atoms. The summed E-state index contributed by atoms with van der Waals surface area (Å²) in [4.78, 5) is 15.0. The van der Waals surface area contributed by atoms with E-state index in [0.29, 0.717) is 25.3 Å². The van der Waals surface area contributed by atoms with E-state index in [1.54, 1.807) is 18.3 Å². The fourth-order valence-corrected chi connectivity index (χ4v) is 3.28. The van der Waals surface area contributed by atoms with Gasteiger partial charge in [-0.1, -0.05) is 24.3 Å². The number of hydrogen-bond acceptors (Lipinski definition) is 5. The number of carbonyl (C=O) groups excluding carboxylic acids is 1. The van der Waals surface area contributed by atoms with Crippen molar-refractivity contribution in [1.29, 1.82) is 0 Å². The number of ether oxygens (including phenoxy) is 2. The lowest BCUT2D eigenvalue weighted by atomic mass is 10.0. The summed E-state index contributed by atoms with van der Waals surface area (Å²) in [5.41, 5.74) is 2.45. The zero-order valence-electron chi connectivity index (χ0n) is 15.6. The van der Waals surface area contributed by atoms with Crippen LogP contribution >= 0.6 is 0 Å². The van der Waals surface area contributed by atoms with Crippen LogP contribution in [0.4, 0.5) is 5.69 Å². The Balaban J connectivity index is 1.61. The van der Waals surface area contributed by atoms with Gasteiger partial charge in [0.2, 0.25) is 0 Å². The van der Waals surface area contributed by atoms with Crippen LogP contribution in [0.2, 0.25) is 0 Å². The van der Waals surface area contributed by atoms with Gasteiger partial charge in [-0.15, -0.1) is 0 Å². The zero-order valence-corrected chi connectivity index (χ0v) is 15.6. The Bertz CT molecular complexity index is 922. The number of fused-ring (bicyclic) bond motifs is 1. The van der Waals surface area contributed by atoms with Crippen LogP contribution in [0, 0.1) is 0 Å². The molecule has 2 aromatic carbocycles. The van der Waals surface area contributed by atoms with Crippen molar-refractivity contribution in [2.24, 2.45) is 0 Å². The molecule has 1 aliphatic heterocycles. The molecule has 0 fully saturated rings. The molecule has 1 aliphatic rings. The third-order valence-electron chi connectivity index (χ3n) is 4.68. The molecular formula is C22H22N2O4. The molecular weight excluding hydrogens is 356 g/mol. The molecule has 28 heavy (non-hydrogen) atoms. The Labute approximate surface area is 163 Å². The van der Waals surface area contributed by atoms with Gasteiger partial charge in [0.1, 0.15) is 24.3 Å². The minimum absolute atomic E-state index is 0.0313. The Morgan fingerprint density at radius 2 is 1.86 bits per heavy atom. The number of hydrogen-bond donors (Lipinski definition) is 1. The molecule has 3 aromatic rings. The third kappa shape index (κ3) is 3.73. The average molecular weight is 378 g/mol. The number of nitrogens with one attached hydrogen (secondary N) is 1. The van der Waals surface area contributed by atoms with Gasteiger partial charge in [-0.05, 0) is 42.0 Å². The van der Waals surface area contributed by atoms with Crippen molar-refractivity contribution in [1.82, 2.24) is 4.90 Å². The standard InChI is InChI=1S/C22H22N2O4/c1-26-13-14-28-17-10-8-16(9-11-17)21-23-20-7-3-2-6-19(20)22(25)24(21)15-18-5-4-12-27-18/h2-12,21,23H,13-15H2,1H3. The van der Waals surface area contributed by atoms with E-state index in [1.165, 1.54) is 0 Å². The van der Waals surface area contributed by atoms with Gasteiger partial charge in [0.25, 0.3) is 5.91 Å². The van der Waals surface area contributed by atoms with Crippen molar-refractivity contribution in [2.45, 2.75) is 12.7 Å². The predicted molar refractivity (Wildman–Crippen MR) is 105 cm³/mol. The number of furan rings is 1. The highest BCUT2D eigenvalue weighted by molar-refractivity contribution is 6.01. The summed E-state index contributed by atoms with van der Waals surface area (Å²) in [6, 6.07) is 19.0. The van der Waals surface area contributed by atoms with Gasteiger partial charge >= 0.3 is 0 Å². The van der Waals surface area contributed by atoms with Crippen LogP contribution in [0.3, 0.4) is 0 Å². The fraction of sp³-hybridized carbons (Fsp3) is 0.227. The maximum absolute atomic E-state index is 13.2. The summed E-state index contributed by atoms with van der Waals surface area (Å²) >= 11 is 0. The van der Waals surface area contributed by atoms with E-state index in [4.69, 9.17) is 13.9 Å². The van der Waals surface area contributed by atoms with E-state index in [0.717, 1.165) is 22.8 Å². The van der Waals surface area contributed by atoms with Gasteiger partial charge in [-0.2, -0.15) is 0 Å². The van der Waals surface area contributed by atoms with Crippen LogP contribution in [-0.2, 0) is 11.3 Å². The van der Waals surface area contributed by atoms with E-state index >= 15 is 0 Å². The van der Waals surface area contributed by atoms with Gasteiger partial charge in [0.05, 0.1) is 25.0 Å². The second-order valence-corrected chi connectivity index (χ2v) is 6.52. The van der Waals surface area contributed by atoms with Gasteiger partial charge < -0.3 is 24.1 Å². The number of rotatable bonds is 7. The lowest BCUT2D eigenvalue weighted by Crippen LogP contribution is -2.42. The largest absolute Gasteiger partial charge is 0.491 e. The van der Waals surface area contributed by atoms with Gasteiger partial charge in [0, 0.05) is 12.8 Å². The van der Waals surface area contributed by atoms with E-state index in [1.807, 2.05) is 60.7 Å². The smallest absolute Gasteiger partial charge is 0.258 e. The Morgan fingerprint density at radius 1 is 1.04 bits per heavy atom. The van der Waals surface area contributed by atoms with E-state index in [9.17, 15) is 4.79 Å². The Hall–Kier alpha value is -3.25. The second kappa shape index (κ2) is 8.19. The first-order valence-corrected chi connectivity index (χ1v) is 9.17. The number of para-hydroxylation sites is 1. The number of amides is 1. The summed E-state index contributed by atoms with van der Waals surface area (Å²) in [5, 5.41) is 3.48. The van der Waals surface area contributed by atoms with Crippen molar-refractivity contribution in [3.63, 3.8) is 0 Å². The summed E-state index contributed by atoms with van der Waals surface area (Å²) in [6.45, 7) is 1.41. The molecule has 1 atom stereocenters. The average Bonchev–Trinajstić information content (AvgIpc) is 3.24. The first kappa shape index (κ1) is 18.1. The van der Waals surface area contributed by atoms with Crippen LogP contribution in [0.1, 0.15) is 27.8 Å². The highest BCUT2D eigenvalue weighted by Crippen LogP contribution is 2.34. The lowest BCUT2D eigenvalue weighted by Gasteiger charge is -2.37. The summed E-state index contributed by atoms with van der Waals surface area (Å²) in [6.07, 6.45) is 1.31. The normalized spacial score (nSPS) is 15.8. The third-order valence-corrected chi connectivity index (χ3v) is 4.68. The molecule has 1 unspecified atom stereocenters. The minimum Gasteiger partial charge on any atom is -0.491 e. The highest BCUT2D eigenvalue weighted by Gasteiger charge is 2.33. The summed E-state index contributed by atoms with van der Waals surface area (Å²) < 4.78 is 16.1. The van der Waals surface area contributed by atoms with E-state index < -0.39 is 0 Å².